The summed E-state index contributed by atoms with van der Waals surface area (Å²) in [6.45, 7) is 2.67. The number of hydrogen-bond donors (Lipinski definition) is 8. The first kappa shape index (κ1) is 47.2. The highest BCUT2D eigenvalue weighted by Crippen LogP contribution is 2.35. The molecule has 10 N–H and O–H groups in total. The van der Waals surface area contributed by atoms with Crippen molar-refractivity contribution in [3.63, 3.8) is 0 Å². The summed E-state index contributed by atoms with van der Waals surface area (Å²) in [6.07, 6.45) is 7.33. The molecule has 0 bridgehead atoms. The van der Waals surface area contributed by atoms with Gasteiger partial charge < -0.3 is 47.8 Å². The van der Waals surface area contributed by atoms with E-state index in [4.69, 9.17) is 16.6 Å². The van der Waals surface area contributed by atoms with Crippen molar-refractivity contribution in [2.45, 2.75) is 115 Å². The molecular weight excluding hydrogens is 748 g/mol. The van der Waals surface area contributed by atoms with Crippen molar-refractivity contribution in [2.24, 2.45) is 11.5 Å². The molecule has 0 fully saturated rings. The highest BCUT2D eigenvalue weighted by molar-refractivity contribution is 6.26. The fourth-order valence-corrected chi connectivity index (χ4v) is 6.88. The number of carbonyl (C=O) groups is 7. The molecule has 0 radical (unpaired) electrons. The van der Waals surface area contributed by atoms with Crippen LogP contribution in [0.3, 0.4) is 0 Å². The monoisotopic (exact) mass is 810 g/mol. The van der Waals surface area contributed by atoms with Crippen LogP contribution in [0.25, 0.3) is 10.8 Å². The zero-order chi connectivity index (χ0) is 42.8. The summed E-state index contributed by atoms with van der Waals surface area (Å²) >= 11 is 0. The maximum atomic E-state index is 13.8. The molecule has 4 atom stereocenters. The van der Waals surface area contributed by atoms with Gasteiger partial charge in [-0.25, -0.2) is 4.79 Å². The largest absolute Gasteiger partial charge is 0.481 e. The summed E-state index contributed by atoms with van der Waals surface area (Å²) in [6, 6.07) is 4.96. The summed E-state index contributed by atoms with van der Waals surface area (Å²) in [4.78, 5) is 92.2. The SMILES string of the molecule is CCCCCCCC[C@H](N)CNCC[C@H](N)C(=O)N[C@H](CCN1C(=O)c2cccc3c(N(C)C)ccc(c23)C1=O)C(=O)NCC[C@@H](NC(=O)CCCC(=O)O)C(=O)O. The van der Waals surface area contributed by atoms with E-state index in [-0.39, 0.29) is 57.7 Å². The van der Waals surface area contributed by atoms with Gasteiger partial charge in [-0.2, -0.15) is 0 Å². The van der Waals surface area contributed by atoms with Gasteiger partial charge in [0.25, 0.3) is 11.8 Å². The van der Waals surface area contributed by atoms with Gasteiger partial charge in [0, 0.05) is 80.2 Å². The molecule has 1 aliphatic heterocycles. The lowest BCUT2D eigenvalue weighted by Gasteiger charge is -2.30. The Bertz CT molecular complexity index is 1730. The van der Waals surface area contributed by atoms with Gasteiger partial charge in [-0.3, -0.25) is 33.7 Å². The molecule has 17 heteroatoms. The van der Waals surface area contributed by atoms with Crippen molar-refractivity contribution in [3.05, 3.63) is 41.5 Å². The molecule has 0 saturated carbocycles. The molecule has 58 heavy (non-hydrogen) atoms. The summed E-state index contributed by atoms with van der Waals surface area (Å²) in [5.74, 6) is -5.55. The highest BCUT2D eigenvalue weighted by Gasteiger charge is 2.35. The number of anilines is 1. The van der Waals surface area contributed by atoms with Crippen LogP contribution in [0.2, 0.25) is 0 Å². The summed E-state index contributed by atoms with van der Waals surface area (Å²) < 4.78 is 0. The molecular formula is C41H62N8O9. The predicted molar refractivity (Wildman–Crippen MR) is 220 cm³/mol. The second-order valence-electron chi connectivity index (χ2n) is 15.1. The number of nitrogens with zero attached hydrogens (tertiary/aromatic N) is 2. The molecule has 5 amide bonds. The van der Waals surface area contributed by atoms with Crippen LogP contribution in [0.4, 0.5) is 5.69 Å². The van der Waals surface area contributed by atoms with Gasteiger partial charge in [-0.15, -0.1) is 0 Å². The Kier molecular flexibility index (Phi) is 19.5. The van der Waals surface area contributed by atoms with Gasteiger partial charge in [0.2, 0.25) is 17.7 Å². The number of amides is 5. The molecule has 0 aromatic heterocycles. The molecule has 17 nitrogen and oxygen atoms in total. The van der Waals surface area contributed by atoms with E-state index in [9.17, 15) is 38.7 Å². The van der Waals surface area contributed by atoms with Gasteiger partial charge in [-0.05, 0) is 56.8 Å². The van der Waals surface area contributed by atoms with Crippen molar-refractivity contribution < 1.29 is 43.8 Å². The van der Waals surface area contributed by atoms with E-state index in [1.165, 1.54) is 25.7 Å². The van der Waals surface area contributed by atoms with Crippen LogP contribution in [0, 0.1) is 0 Å². The normalized spacial score (nSPS) is 14.4. The smallest absolute Gasteiger partial charge is 0.326 e. The van der Waals surface area contributed by atoms with E-state index in [1.807, 2.05) is 25.1 Å². The minimum Gasteiger partial charge on any atom is -0.481 e. The third kappa shape index (κ3) is 14.4. The number of carboxylic acid groups (broad SMARTS) is 2. The number of nitrogens with one attached hydrogen (secondary N) is 4. The van der Waals surface area contributed by atoms with Crippen LogP contribution in [-0.4, -0.2) is 121 Å². The number of hydrogen-bond acceptors (Lipinski definition) is 11. The fourth-order valence-electron chi connectivity index (χ4n) is 6.88. The molecule has 2 aromatic carbocycles. The average molecular weight is 811 g/mol. The summed E-state index contributed by atoms with van der Waals surface area (Å²) in [5, 5.41) is 30.5. The number of benzene rings is 2. The Morgan fingerprint density at radius 1 is 0.759 bits per heavy atom. The van der Waals surface area contributed by atoms with Gasteiger partial charge in [0.05, 0.1) is 6.04 Å². The third-order valence-corrected chi connectivity index (χ3v) is 10.2. The zero-order valence-electron chi connectivity index (χ0n) is 34.0. The molecule has 1 heterocycles. The molecule has 320 valence electrons. The first-order valence-electron chi connectivity index (χ1n) is 20.3. The number of nitrogens with two attached hydrogens (primary N) is 2. The quantitative estimate of drug-likeness (QED) is 0.0453. The van der Waals surface area contributed by atoms with E-state index in [0.717, 1.165) is 35.2 Å². The molecule has 1 aliphatic rings. The van der Waals surface area contributed by atoms with Crippen molar-refractivity contribution in [2.75, 3.05) is 45.2 Å². The van der Waals surface area contributed by atoms with Crippen LogP contribution >= 0.6 is 0 Å². The molecule has 0 unspecified atom stereocenters. The van der Waals surface area contributed by atoms with Crippen LogP contribution in [0.5, 0.6) is 0 Å². The Morgan fingerprint density at radius 3 is 2.12 bits per heavy atom. The lowest BCUT2D eigenvalue weighted by molar-refractivity contribution is -0.142. The Labute approximate surface area is 340 Å². The molecule has 2 aromatic rings. The second kappa shape index (κ2) is 23.9. The molecule has 0 saturated heterocycles. The summed E-state index contributed by atoms with van der Waals surface area (Å²) in [5.41, 5.74) is 14.0. The fraction of sp³-hybridized carbons (Fsp3) is 0.585. The van der Waals surface area contributed by atoms with Crippen LogP contribution < -0.4 is 37.6 Å². The van der Waals surface area contributed by atoms with Gasteiger partial charge in [0.1, 0.15) is 12.1 Å². The molecule has 3 rings (SSSR count). The van der Waals surface area contributed by atoms with Gasteiger partial charge in [-0.1, -0.05) is 57.6 Å². The van der Waals surface area contributed by atoms with Crippen LogP contribution in [0.1, 0.15) is 111 Å². The maximum Gasteiger partial charge on any atom is 0.326 e. The number of rotatable bonds is 28. The lowest BCUT2D eigenvalue weighted by atomic mass is 9.92. The minimum absolute atomic E-state index is 0.0243. The van der Waals surface area contributed by atoms with Gasteiger partial charge >= 0.3 is 11.9 Å². The maximum absolute atomic E-state index is 13.8. The standard InChI is InChI=1S/C41H62N8O9/c1-4-5-6-7-8-9-12-26(42)25-44-22-19-30(43)37(53)47-31(38(54)45-23-20-32(41(57)58)46-34(50)15-11-16-35(51)52)21-24-49-39(55)28-14-10-13-27-33(48(2)3)18-17-29(36(27)28)40(49)56/h10,13-14,17-18,26,30-32,44H,4-9,11-12,15-16,19-25,42-43H2,1-3H3,(H,45,54)(H,46,50)(H,47,53)(H,51,52)(H,57,58)/t26-,30-,31+,32+/m0/s1. The van der Waals surface area contributed by atoms with E-state index < -0.39 is 59.6 Å². The number of carboxylic acids is 2. The van der Waals surface area contributed by atoms with E-state index in [2.05, 4.69) is 28.2 Å². The predicted octanol–water partition coefficient (Wildman–Crippen LogP) is 2.09. The Hall–Kier alpha value is -5.13. The Morgan fingerprint density at radius 2 is 1.45 bits per heavy atom. The van der Waals surface area contributed by atoms with Crippen LogP contribution in [0.15, 0.2) is 30.3 Å². The lowest BCUT2D eigenvalue weighted by Crippen LogP contribution is -2.54. The van der Waals surface area contributed by atoms with Crippen molar-refractivity contribution in [3.8, 4) is 0 Å². The van der Waals surface area contributed by atoms with Crippen molar-refractivity contribution in [1.29, 1.82) is 0 Å². The van der Waals surface area contributed by atoms with E-state index in [0.29, 0.717) is 29.6 Å². The van der Waals surface area contributed by atoms with E-state index >= 15 is 0 Å². The first-order valence-corrected chi connectivity index (χ1v) is 20.3. The minimum atomic E-state index is -1.38. The average Bonchev–Trinajstić information content (AvgIpc) is 3.18. The van der Waals surface area contributed by atoms with Crippen molar-refractivity contribution >= 4 is 57.9 Å². The van der Waals surface area contributed by atoms with Crippen molar-refractivity contribution in [1.82, 2.24) is 26.2 Å². The first-order chi connectivity index (χ1) is 27.7. The second-order valence-corrected chi connectivity index (χ2v) is 15.1. The van der Waals surface area contributed by atoms with Crippen LogP contribution in [-0.2, 0) is 24.0 Å². The number of aliphatic carboxylic acids is 2. The highest BCUT2D eigenvalue weighted by atomic mass is 16.4. The third-order valence-electron chi connectivity index (χ3n) is 10.2. The molecule has 0 spiro atoms. The Balaban J connectivity index is 1.66. The topological polar surface area (TPSA) is 267 Å². The summed E-state index contributed by atoms with van der Waals surface area (Å²) in [7, 11) is 3.72. The van der Waals surface area contributed by atoms with E-state index in [1.54, 1.807) is 24.3 Å². The number of carbonyl (C=O) groups excluding carboxylic acids is 5. The van der Waals surface area contributed by atoms with Gasteiger partial charge in [0.15, 0.2) is 0 Å². The zero-order valence-corrected chi connectivity index (χ0v) is 34.0. The number of imide groups is 1. The number of unbranched alkanes of at least 4 members (excludes halogenated alkanes) is 5. The molecule has 0 aliphatic carbocycles.